The number of nitrogens with one attached hydrogen (secondary N) is 1. The van der Waals surface area contributed by atoms with E-state index in [0.29, 0.717) is 12.0 Å². The summed E-state index contributed by atoms with van der Waals surface area (Å²) < 4.78 is 6.89. The Labute approximate surface area is 111 Å². The lowest BCUT2D eigenvalue weighted by molar-refractivity contribution is 0.187. The summed E-state index contributed by atoms with van der Waals surface area (Å²) in [7, 11) is 0. The number of nitrogens with zero attached hydrogens (tertiary/aromatic N) is 1. The molecular weight excluding hydrogens is 244 g/mol. The summed E-state index contributed by atoms with van der Waals surface area (Å²) in [5.74, 6) is 0.411. The SMILES string of the molecule is CCCNC1COCC1c1nc2ccccc2s1. The van der Waals surface area contributed by atoms with Crippen LogP contribution in [0.2, 0.25) is 0 Å². The van der Waals surface area contributed by atoms with E-state index in [1.165, 1.54) is 9.71 Å². The number of thiazole rings is 1. The Hall–Kier alpha value is -0.970. The third-order valence-electron chi connectivity index (χ3n) is 3.36. The predicted octanol–water partition coefficient (Wildman–Crippen LogP) is 2.78. The van der Waals surface area contributed by atoms with E-state index in [0.717, 1.165) is 31.7 Å². The van der Waals surface area contributed by atoms with Crippen LogP contribution in [0.25, 0.3) is 10.2 Å². The molecule has 0 amide bonds. The Balaban J connectivity index is 1.84. The fourth-order valence-electron chi connectivity index (χ4n) is 2.38. The van der Waals surface area contributed by atoms with Gasteiger partial charge in [-0.25, -0.2) is 4.98 Å². The Morgan fingerprint density at radius 1 is 1.39 bits per heavy atom. The molecule has 18 heavy (non-hydrogen) atoms. The molecule has 1 fully saturated rings. The third-order valence-corrected chi connectivity index (χ3v) is 4.53. The maximum absolute atomic E-state index is 5.62. The highest BCUT2D eigenvalue weighted by atomic mass is 32.1. The average Bonchev–Trinajstić information content (AvgIpc) is 3.01. The normalized spacial score (nSPS) is 23.8. The van der Waals surface area contributed by atoms with Crippen molar-refractivity contribution in [2.75, 3.05) is 19.8 Å². The molecule has 3 nitrogen and oxygen atoms in total. The van der Waals surface area contributed by atoms with Crippen LogP contribution in [-0.4, -0.2) is 30.8 Å². The van der Waals surface area contributed by atoms with Gasteiger partial charge < -0.3 is 10.1 Å². The van der Waals surface area contributed by atoms with Gasteiger partial charge in [0.05, 0.1) is 29.3 Å². The van der Waals surface area contributed by atoms with Gasteiger partial charge in [-0.05, 0) is 25.1 Å². The molecule has 1 aromatic carbocycles. The van der Waals surface area contributed by atoms with Gasteiger partial charge in [0.2, 0.25) is 0 Å². The van der Waals surface area contributed by atoms with Crippen molar-refractivity contribution in [1.82, 2.24) is 10.3 Å². The summed E-state index contributed by atoms with van der Waals surface area (Å²) >= 11 is 1.80. The van der Waals surface area contributed by atoms with E-state index in [-0.39, 0.29) is 0 Å². The van der Waals surface area contributed by atoms with Crippen LogP contribution in [0.3, 0.4) is 0 Å². The van der Waals surface area contributed by atoms with E-state index >= 15 is 0 Å². The molecule has 1 saturated heterocycles. The molecule has 1 aromatic heterocycles. The van der Waals surface area contributed by atoms with Crippen LogP contribution in [0.15, 0.2) is 24.3 Å². The van der Waals surface area contributed by atoms with E-state index in [1.54, 1.807) is 11.3 Å². The molecule has 3 rings (SSSR count). The lowest BCUT2D eigenvalue weighted by Crippen LogP contribution is -2.34. The maximum Gasteiger partial charge on any atom is 0.101 e. The van der Waals surface area contributed by atoms with Gasteiger partial charge in [-0.15, -0.1) is 11.3 Å². The first-order valence-corrected chi connectivity index (χ1v) is 7.36. The van der Waals surface area contributed by atoms with Crippen molar-refractivity contribution in [1.29, 1.82) is 0 Å². The molecule has 2 heterocycles. The fraction of sp³-hybridized carbons (Fsp3) is 0.500. The van der Waals surface area contributed by atoms with Crippen LogP contribution >= 0.6 is 11.3 Å². The maximum atomic E-state index is 5.62. The van der Waals surface area contributed by atoms with Crippen LogP contribution in [0, 0.1) is 0 Å². The first-order chi connectivity index (χ1) is 8.88. The van der Waals surface area contributed by atoms with Crippen molar-refractivity contribution in [2.24, 2.45) is 0 Å². The van der Waals surface area contributed by atoms with Gasteiger partial charge in [-0.1, -0.05) is 19.1 Å². The minimum absolute atomic E-state index is 0.411. The minimum atomic E-state index is 0.411. The number of benzene rings is 1. The molecular formula is C14H18N2OS. The van der Waals surface area contributed by atoms with Gasteiger partial charge in [0.25, 0.3) is 0 Å². The Kier molecular flexibility index (Phi) is 3.59. The second-order valence-corrected chi connectivity index (χ2v) is 5.79. The third kappa shape index (κ3) is 2.28. The summed E-state index contributed by atoms with van der Waals surface area (Å²) in [5.41, 5.74) is 1.11. The van der Waals surface area contributed by atoms with Crippen LogP contribution in [-0.2, 0) is 4.74 Å². The van der Waals surface area contributed by atoms with Gasteiger partial charge in [0.15, 0.2) is 0 Å². The summed E-state index contributed by atoms with van der Waals surface area (Å²) in [6.07, 6.45) is 1.16. The predicted molar refractivity (Wildman–Crippen MR) is 75.3 cm³/mol. The molecule has 1 N–H and O–H groups in total. The van der Waals surface area contributed by atoms with Gasteiger partial charge in [0, 0.05) is 6.04 Å². The quantitative estimate of drug-likeness (QED) is 0.920. The first-order valence-electron chi connectivity index (χ1n) is 6.55. The van der Waals surface area contributed by atoms with E-state index in [2.05, 4.69) is 30.4 Å². The number of rotatable bonds is 4. The highest BCUT2D eigenvalue weighted by Crippen LogP contribution is 2.32. The van der Waals surface area contributed by atoms with Crippen LogP contribution in [0.1, 0.15) is 24.3 Å². The van der Waals surface area contributed by atoms with Crippen LogP contribution in [0.4, 0.5) is 0 Å². The lowest BCUT2D eigenvalue weighted by atomic mass is 10.0. The van der Waals surface area contributed by atoms with E-state index < -0.39 is 0 Å². The summed E-state index contributed by atoms with van der Waals surface area (Å²) in [6, 6.07) is 8.76. The van der Waals surface area contributed by atoms with Crippen molar-refractivity contribution in [3.05, 3.63) is 29.3 Å². The summed E-state index contributed by atoms with van der Waals surface area (Å²) in [4.78, 5) is 4.75. The number of aromatic nitrogens is 1. The molecule has 2 unspecified atom stereocenters. The van der Waals surface area contributed by atoms with Crippen molar-refractivity contribution >= 4 is 21.6 Å². The molecule has 1 aliphatic rings. The number of ether oxygens (including phenoxy) is 1. The molecule has 0 aliphatic carbocycles. The molecule has 0 radical (unpaired) electrons. The smallest absolute Gasteiger partial charge is 0.101 e. The van der Waals surface area contributed by atoms with Crippen molar-refractivity contribution < 1.29 is 4.74 Å². The number of fused-ring (bicyclic) bond motifs is 1. The molecule has 0 saturated carbocycles. The van der Waals surface area contributed by atoms with Crippen molar-refractivity contribution in [3.63, 3.8) is 0 Å². The zero-order valence-corrected chi connectivity index (χ0v) is 11.4. The number of hydrogen-bond donors (Lipinski definition) is 1. The van der Waals surface area contributed by atoms with E-state index in [4.69, 9.17) is 9.72 Å². The zero-order chi connectivity index (χ0) is 12.4. The molecule has 0 spiro atoms. The van der Waals surface area contributed by atoms with Crippen LogP contribution in [0.5, 0.6) is 0 Å². The largest absolute Gasteiger partial charge is 0.379 e. The van der Waals surface area contributed by atoms with Crippen molar-refractivity contribution in [3.8, 4) is 0 Å². The number of hydrogen-bond acceptors (Lipinski definition) is 4. The fourth-order valence-corrected chi connectivity index (χ4v) is 3.50. The van der Waals surface area contributed by atoms with Gasteiger partial charge >= 0.3 is 0 Å². The molecule has 2 atom stereocenters. The highest BCUT2D eigenvalue weighted by Gasteiger charge is 2.31. The average molecular weight is 262 g/mol. The van der Waals surface area contributed by atoms with Gasteiger partial charge in [0.1, 0.15) is 5.01 Å². The molecule has 0 bridgehead atoms. The Morgan fingerprint density at radius 3 is 3.11 bits per heavy atom. The topological polar surface area (TPSA) is 34.1 Å². The van der Waals surface area contributed by atoms with E-state index in [1.807, 2.05) is 6.07 Å². The minimum Gasteiger partial charge on any atom is -0.379 e. The molecule has 4 heteroatoms. The second kappa shape index (κ2) is 5.34. The van der Waals surface area contributed by atoms with Crippen molar-refractivity contribution in [2.45, 2.75) is 25.3 Å². The number of para-hydroxylation sites is 1. The molecule has 2 aromatic rings. The van der Waals surface area contributed by atoms with Gasteiger partial charge in [-0.3, -0.25) is 0 Å². The highest BCUT2D eigenvalue weighted by molar-refractivity contribution is 7.18. The summed E-state index contributed by atoms with van der Waals surface area (Å²) in [5, 5.41) is 4.78. The van der Waals surface area contributed by atoms with Gasteiger partial charge in [-0.2, -0.15) is 0 Å². The molecule has 1 aliphatic heterocycles. The Morgan fingerprint density at radius 2 is 2.28 bits per heavy atom. The zero-order valence-electron chi connectivity index (χ0n) is 10.6. The second-order valence-electron chi connectivity index (χ2n) is 4.72. The first kappa shape index (κ1) is 12.1. The van der Waals surface area contributed by atoms with Crippen LogP contribution < -0.4 is 5.32 Å². The summed E-state index contributed by atoms with van der Waals surface area (Å²) in [6.45, 7) is 4.84. The van der Waals surface area contributed by atoms with E-state index in [9.17, 15) is 0 Å². The standard InChI is InChI=1S/C14H18N2OS/c1-2-7-15-12-9-17-8-10(12)14-16-11-5-3-4-6-13(11)18-14/h3-6,10,12,15H,2,7-9H2,1H3. The monoisotopic (exact) mass is 262 g/mol. The Bertz CT molecular complexity index is 492. The lowest BCUT2D eigenvalue weighted by Gasteiger charge is -2.16. The molecule has 96 valence electrons.